The molecule has 0 aliphatic rings. The minimum atomic E-state index is 0.675. The first-order chi connectivity index (χ1) is 22.3. The third-order valence-corrected chi connectivity index (χ3v) is 10.0. The van der Waals surface area contributed by atoms with Gasteiger partial charge in [-0.15, -0.1) is 11.3 Å². The van der Waals surface area contributed by atoms with E-state index in [9.17, 15) is 0 Å². The molecule has 0 radical (unpaired) electrons. The maximum atomic E-state index is 6.53. The molecular formula is C40H23N3OS. The van der Waals surface area contributed by atoms with Crippen LogP contribution in [0.25, 0.3) is 92.4 Å². The minimum Gasteiger partial charge on any atom is -0.452 e. The van der Waals surface area contributed by atoms with Crippen molar-refractivity contribution < 1.29 is 4.42 Å². The molecule has 0 aliphatic heterocycles. The molecule has 4 heterocycles. The van der Waals surface area contributed by atoms with Crippen LogP contribution in [0.2, 0.25) is 0 Å². The van der Waals surface area contributed by atoms with Gasteiger partial charge in [-0.2, -0.15) is 0 Å². The van der Waals surface area contributed by atoms with Crippen LogP contribution in [0.5, 0.6) is 0 Å². The third-order valence-electron chi connectivity index (χ3n) is 8.83. The van der Waals surface area contributed by atoms with Crippen LogP contribution in [-0.4, -0.2) is 14.5 Å². The second-order valence-electron chi connectivity index (χ2n) is 11.3. The van der Waals surface area contributed by atoms with Gasteiger partial charge in [-0.25, -0.2) is 9.97 Å². The third kappa shape index (κ3) is 3.53. The molecule has 0 N–H and O–H groups in total. The molecule has 6 aromatic carbocycles. The van der Waals surface area contributed by atoms with Gasteiger partial charge in [0.2, 0.25) is 0 Å². The van der Waals surface area contributed by atoms with Gasteiger partial charge in [-0.05, 0) is 36.4 Å². The lowest BCUT2D eigenvalue weighted by molar-refractivity contribution is 0.667. The summed E-state index contributed by atoms with van der Waals surface area (Å²) in [6.07, 6.45) is 0. The van der Waals surface area contributed by atoms with E-state index in [-0.39, 0.29) is 0 Å². The van der Waals surface area contributed by atoms with E-state index in [0.29, 0.717) is 11.4 Å². The molecular weight excluding hydrogens is 571 g/mol. The van der Waals surface area contributed by atoms with E-state index >= 15 is 0 Å². The fourth-order valence-corrected chi connectivity index (χ4v) is 8.11. The van der Waals surface area contributed by atoms with E-state index in [0.717, 1.165) is 44.5 Å². The quantitative estimate of drug-likeness (QED) is 0.205. The summed E-state index contributed by atoms with van der Waals surface area (Å²) >= 11 is 1.87. The SMILES string of the molecule is c1ccc(-c2nc(-c3ccccc3-n3c4ccccc4c4c5sc6ccccc6c5ccc43)c3oc4ccccc4c3n2)cc1. The monoisotopic (exact) mass is 593 g/mol. The normalized spacial score (nSPS) is 12.0. The van der Waals surface area contributed by atoms with Crippen molar-refractivity contribution >= 4 is 75.4 Å². The van der Waals surface area contributed by atoms with Gasteiger partial charge >= 0.3 is 0 Å². The van der Waals surface area contributed by atoms with Crippen LogP contribution in [0.3, 0.4) is 0 Å². The average molecular weight is 594 g/mol. The highest BCUT2D eigenvalue weighted by molar-refractivity contribution is 7.26. The Bertz CT molecular complexity index is 2770. The average Bonchev–Trinajstić information content (AvgIpc) is 3.78. The Morgan fingerprint density at radius 2 is 1.29 bits per heavy atom. The highest BCUT2D eigenvalue weighted by Gasteiger charge is 2.23. The van der Waals surface area contributed by atoms with E-state index in [2.05, 4.69) is 108 Å². The molecule has 210 valence electrons. The summed E-state index contributed by atoms with van der Waals surface area (Å²) in [5.74, 6) is 0.675. The molecule has 10 aromatic rings. The first-order valence-electron chi connectivity index (χ1n) is 15.0. The van der Waals surface area contributed by atoms with Crippen LogP contribution < -0.4 is 0 Å². The molecule has 5 heteroatoms. The van der Waals surface area contributed by atoms with Gasteiger partial charge in [0.1, 0.15) is 16.8 Å². The van der Waals surface area contributed by atoms with Crippen LogP contribution >= 0.6 is 11.3 Å². The van der Waals surface area contributed by atoms with Crippen molar-refractivity contribution in [2.24, 2.45) is 0 Å². The minimum absolute atomic E-state index is 0.675. The first-order valence-corrected chi connectivity index (χ1v) is 15.8. The summed E-state index contributed by atoms with van der Waals surface area (Å²) in [4.78, 5) is 10.3. The Morgan fingerprint density at radius 1 is 0.556 bits per heavy atom. The van der Waals surface area contributed by atoms with Crippen molar-refractivity contribution in [2.75, 3.05) is 0 Å². The molecule has 0 bridgehead atoms. The predicted molar refractivity (Wildman–Crippen MR) is 187 cm³/mol. The largest absolute Gasteiger partial charge is 0.452 e. The maximum absolute atomic E-state index is 6.53. The summed E-state index contributed by atoms with van der Waals surface area (Å²) in [5, 5.41) is 6.10. The standard InChI is InChI=1S/C40H23N3OS/c1-2-12-24(13-3-1)40-41-36(38-37(42-40)29-17-6-10-20-33(29)44-38)28-16-5-9-19-31(28)43-30-18-8-4-15-27(30)35-32(43)23-22-26-25-14-7-11-21-34(25)45-39(26)35/h1-23H. The Kier molecular flexibility index (Phi) is 5.12. The zero-order valence-electron chi connectivity index (χ0n) is 23.9. The van der Waals surface area contributed by atoms with E-state index in [1.54, 1.807) is 0 Å². The van der Waals surface area contributed by atoms with E-state index in [4.69, 9.17) is 14.4 Å². The number of thiophene rings is 1. The molecule has 0 atom stereocenters. The molecule has 0 saturated heterocycles. The van der Waals surface area contributed by atoms with Crippen molar-refractivity contribution in [1.29, 1.82) is 0 Å². The van der Waals surface area contributed by atoms with Crippen molar-refractivity contribution in [1.82, 2.24) is 14.5 Å². The second kappa shape index (κ2) is 9.36. The lowest BCUT2D eigenvalue weighted by Gasteiger charge is -2.14. The first kappa shape index (κ1) is 24.6. The number of aromatic nitrogens is 3. The summed E-state index contributed by atoms with van der Waals surface area (Å²) in [5.41, 5.74) is 8.41. The van der Waals surface area contributed by atoms with Gasteiger partial charge in [0.05, 0.1) is 16.7 Å². The highest BCUT2D eigenvalue weighted by atomic mass is 32.1. The van der Waals surface area contributed by atoms with Crippen LogP contribution in [0.4, 0.5) is 0 Å². The predicted octanol–water partition coefficient (Wildman–Crippen LogP) is 11.2. The number of hydrogen-bond acceptors (Lipinski definition) is 4. The van der Waals surface area contributed by atoms with Crippen molar-refractivity contribution in [2.45, 2.75) is 0 Å². The van der Waals surface area contributed by atoms with Crippen LogP contribution in [0, 0.1) is 0 Å². The van der Waals surface area contributed by atoms with Gasteiger partial charge in [-0.3, -0.25) is 0 Å². The zero-order chi connectivity index (χ0) is 29.5. The molecule has 0 saturated carbocycles. The van der Waals surface area contributed by atoms with E-state index < -0.39 is 0 Å². The number of furan rings is 1. The molecule has 0 amide bonds. The molecule has 0 aliphatic carbocycles. The Hall–Kier alpha value is -5.78. The van der Waals surface area contributed by atoms with Gasteiger partial charge < -0.3 is 8.98 Å². The Balaban J connectivity index is 1.33. The van der Waals surface area contributed by atoms with Crippen LogP contribution in [0.1, 0.15) is 0 Å². The van der Waals surface area contributed by atoms with Crippen molar-refractivity contribution in [3.05, 3.63) is 140 Å². The summed E-state index contributed by atoms with van der Waals surface area (Å²) in [6, 6.07) is 48.8. The molecule has 4 aromatic heterocycles. The van der Waals surface area contributed by atoms with Crippen LogP contribution in [-0.2, 0) is 0 Å². The number of nitrogens with zero attached hydrogens (tertiary/aromatic N) is 3. The van der Waals surface area contributed by atoms with Crippen LogP contribution in [0.15, 0.2) is 144 Å². The number of benzene rings is 6. The molecule has 0 spiro atoms. The summed E-state index contributed by atoms with van der Waals surface area (Å²) < 4.78 is 11.5. The fraction of sp³-hybridized carbons (Fsp3) is 0. The van der Waals surface area contributed by atoms with Gasteiger partial charge in [0.25, 0.3) is 0 Å². The second-order valence-corrected chi connectivity index (χ2v) is 12.4. The summed E-state index contributed by atoms with van der Waals surface area (Å²) in [7, 11) is 0. The number of rotatable bonds is 3. The van der Waals surface area contributed by atoms with E-state index in [1.807, 2.05) is 47.7 Å². The Labute approximate surface area is 261 Å². The summed E-state index contributed by atoms with van der Waals surface area (Å²) in [6.45, 7) is 0. The smallest absolute Gasteiger partial charge is 0.180 e. The zero-order valence-corrected chi connectivity index (χ0v) is 24.8. The number of para-hydroxylation sites is 3. The van der Waals surface area contributed by atoms with E-state index in [1.165, 1.54) is 36.5 Å². The topological polar surface area (TPSA) is 43.9 Å². The van der Waals surface area contributed by atoms with Gasteiger partial charge in [0.15, 0.2) is 11.4 Å². The molecule has 4 nitrogen and oxygen atoms in total. The number of fused-ring (bicyclic) bond motifs is 10. The number of hydrogen-bond donors (Lipinski definition) is 0. The van der Waals surface area contributed by atoms with Crippen molar-refractivity contribution in [3.8, 4) is 28.3 Å². The lowest BCUT2D eigenvalue weighted by atomic mass is 10.1. The maximum Gasteiger partial charge on any atom is 0.180 e. The van der Waals surface area contributed by atoms with Gasteiger partial charge in [0, 0.05) is 47.5 Å². The van der Waals surface area contributed by atoms with Crippen molar-refractivity contribution in [3.63, 3.8) is 0 Å². The highest BCUT2D eigenvalue weighted by Crippen LogP contribution is 2.45. The molecule has 45 heavy (non-hydrogen) atoms. The lowest BCUT2D eigenvalue weighted by Crippen LogP contribution is -2.00. The Morgan fingerprint density at radius 3 is 2.20 bits per heavy atom. The molecule has 0 fully saturated rings. The fourth-order valence-electron chi connectivity index (χ4n) is 6.85. The molecule has 0 unspecified atom stereocenters. The molecule has 10 rings (SSSR count). The van der Waals surface area contributed by atoms with Gasteiger partial charge in [-0.1, -0.05) is 103 Å².